The number of nitrogens with one attached hydrogen (secondary N) is 1. The highest BCUT2D eigenvalue weighted by Gasteiger charge is 2.12. The number of anilines is 1. The van der Waals surface area contributed by atoms with E-state index in [4.69, 9.17) is 0 Å². The lowest BCUT2D eigenvalue weighted by Gasteiger charge is -2.13. The zero-order valence-corrected chi connectivity index (χ0v) is 13.5. The first kappa shape index (κ1) is 16.8. The molecule has 1 N–H and O–H groups in total. The van der Waals surface area contributed by atoms with Crippen molar-refractivity contribution in [1.29, 1.82) is 0 Å². The number of carbonyl (C=O) groups is 1. The molecule has 0 amide bonds. The van der Waals surface area contributed by atoms with Crippen LogP contribution in [0.2, 0.25) is 0 Å². The van der Waals surface area contributed by atoms with Crippen molar-refractivity contribution in [3.63, 3.8) is 0 Å². The van der Waals surface area contributed by atoms with Crippen molar-refractivity contribution in [1.82, 2.24) is 9.97 Å². The second-order valence-electron chi connectivity index (χ2n) is 4.46. The van der Waals surface area contributed by atoms with Crippen LogP contribution in [0.1, 0.15) is 38.1 Å². The summed E-state index contributed by atoms with van der Waals surface area (Å²) in [5.41, 5.74) is 0.993. The molecule has 1 aromatic heterocycles. The molecule has 0 aliphatic carbocycles. The first-order valence-electron chi connectivity index (χ1n) is 6.93. The Morgan fingerprint density at radius 1 is 1.30 bits per heavy atom. The minimum absolute atomic E-state index is 0.242. The van der Waals surface area contributed by atoms with Gasteiger partial charge in [-0.25, -0.2) is 9.97 Å². The van der Waals surface area contributed by atoms with Crippen molar-refractivity contribution in [3.8, 4) is 0 Å². The average Bonchev–Trinajstić information content (AvgIpc) is 2.45. The molecule has 0 spiro atoms. The van der Waals surface area contributed by atoms with Crippen LogP contribution >= 0.6 is 11.8 Å². The summed E-state index contributed by atoms with van der Waals surface area (Å²) < 4.78 is 4.67. The van der Waals surface area contributed by atoms with E-state index in [9.17, 15) is 4.79 Å². The molecule has 6 heteroatoms. The normalized spacial score (nSPS) is 10.4. The predicted molar refractivity (Wildman–Crippen MR) is 82.3 cm³/mol. The Bertz CT molecular complexity index is 452. The Morgan fingerprint density at radius 3 is 2.65 bits per heavy atom. The summed E-state index contributed by atoms with van der Waals surface area (Å²) in [6.45, 7) is 7.07. The number of esters is 1. The van der Waals surface area contributed by atoms with E-state index in [1.54, 1.807) is 0 Å². The first-order valence-corrected chi connectivity index (χ1v) is 7.91. The minimum Gasteiger partial charge on any atom is -0.468 e. The SMILES string of the molecule is CCCNc1nc(CCC)nc(SCC(=O)OC)c1C. The van der Waals surface area contributed by atoms with E-state index in [-0.39, 0.29) is 11.7 Å². The maximum absolute atomic E-state index is 11.3. The number of aromatic nitrogens is 2. The van der Waals surface area contributed by atoms with Crippen LogP contribution in [-0.4, -0.2) is 35.3 Å². The number of aryl methyl sites for hydroxylation is 1. The lowest BCUT2D eigenvalue weighted by atomic mass is 10.3. The van der Waals surface area contributed by atoms with Crippen LogP contribution in [0.15, 0.2) is 5.03 Å². The van der Waals surface area contributed by atoms with E-state index in [0.717, 1.165) is 48.0 Å². The van der Waals surface area contributed by atoms with E-state index in [1.807, 2.05) is 6.92 Å². The largest absolute Gasteiger partial charge is 0.468 e. The Balaban J connectivity index is 2.94. The molecule has 0 fully saturated rings. The van der Waals surface area contributed by atoms with E-state index in [0.29, 0.717) is 0 Å². The molecule has 0 bridgehead atoms. The molecule has 0 aromatic carbocycles. The van der Waals surface area contributed by atoms with Gasteiger partial charge in [-0.1, -0.05) is 25.6 Å². The van der Waals surface area contributed by atoms with Crippen molar-refractivity contribution in [3.05, 3.63) is 11.4 Å². The maximum Gasteiger partial charge on any atom is 0.316 e. The van der Waals surface area contributed by atoms with Crippen LogP contribution in [0.3, 0.4) is 0 Å². The third kappa shape index (κ3) is 5.00. The number of rotatable bonds is 8. The summed E-state index contributed by atoms with van der Waals surface area (Å²) in [5.74, 6) is 1.72. The highest BCUT2D eigenvalue weighted by atomic mass is 32.2. The smallest absolute Gasteiger partial charge is 0.316 e. The van der Waals surface area contributed by atoms with Crippen LogP contribution in [0.5, 0.6) is 0 Å². The molecule has 112 valence electrons. The number of hydrogen-bond donors (Lipinski definition) is 1. The van der Waals surface area contributed by atoms with Crippen molar-refractivity contribution in [2.24, 2.45) is 0 Å². The summed E-state index contributed by atoms with van der Waals surface area (Å²) in [7, 11) is 1.40. The van der Waals surface area contributed by atoms with E-state index in [2.05, 4.69) is 33.9 Å². The Labute approximate surface area is 124 Å². The van der Waals surface area contributed by atoms with Crippen LogP contribution in [0.4, 0.5) is 5.82 Å². The molecule has 0 unspecified atom stereocenters. The third-order valence-corrected chi connectivity index (χ3v) is 3.77. The van der Waals surface area contributed by atoms with Crippen molar-refractivity contribution >= 4 is 23.5 Å². The topological polar surface area (TPSA) is 64.1 Å². The fourth-order valence-corrected chi connectivity index (χ4v) is 2.47. The number of methoxy groups -OCH3 is 1. The average molecular weight is 297 g/mol. The summed E-state index contributed by atoms with van der Waals surface area (Å²) in [6.07, 6.45) is 2.88. The van der Waals surface area contributed by atoms with Gasteiger partial charge < -0.3 is 10.1 Å². The molecule has 0 atom stereocenters. The monoisotopic (exact) mass is 297 g/mol. The number of nitrogens with zero attached hydrogens (tertiary/aromatic N) is 2. The second kappa shape index (κ2) is 8.79. The molecule has 1 rings (SSSR count). The molecule has 20 heavy (non-hydrogen) atoms. The fourth-order valence-electron chi connectivity index (χ4n) is 1.62. The molecule has 0 radical (unpaired) electrons. The molecule has 0 saturated heterocycles. The Morgan fingerprint density at radius 2 is 2.05 bits per heavy atom. The molecular formula is C14H23N3O2S. The number of ether oxygens (including phenoxy) is 1. The zero-order valence-electron chi connectivity index (χ0n) is 12.7. The van der Waals surface area contributed by atoms with Crippen LogP contribution in [0, 0.1) is 6.92 Å². The fraction of sp³-hybridized carbons (Fsp3) is 0.643. The number of carbonyl (C=O) groups excluding carboxylic acids is 1. The van der Waals surface area contributed by atoms with Gasteiger partial charge in [-0.3, -0.25) is 4.79 Å². The highest BCUT2D eigenvalue weighted by Crippen LogP contribution is 2.25. The Hall–Kier alpha value is -1.30. The van der Waals surface area contributed by atoms with E-state index in [1.165, 1.54) is 18.9 Å². The molecular weight excluding hydrogens is 274 g/mol. The minimum atomic E-state index is -0.242. The standard InChI is InChI=1S/C14H23N3O2S/c1-5-7-11-16-13(15-8-6-2)10(3)14(17-11)20-9-12(18)19-4/h5-9H2,1-4H3,(H,15,16,17). The second-order valence-corrected chi connectivity index (χ2v) is 5.42. The van der Waals surface area contributed by atoms with E-state index < -0.39 is 0 Å². The van der Waals surface area contributed by atoms with Gasteiger partial charge in [-0.15, -0.1) is 0 Å². The van der Waals surface area contributed by atoms with Gasteiger partial charge in [0.25, 0.3) is 0 Å². The lowest BCUT2D eigenvalue weighted by molar-refractivity contribution is -0.137. The predicted octanol–water partition coefficient (Wildman–Crippen LogP) is 2.82. The number of thioether (sulfide) groups is 1. The molecule has 1 heterocycles. The molecule has 5 nitrogen and oxygen atoms in total. The van der Waals surface area contributed by atoms with Crippen molar-refractivity contribution in [2.75, 3.05) is 24.7 Å². The van der Waals surface area contributed by atoms with Gasteiger partial charge in [-0.05, 0) is 19.8 Å². The zero-order chi connectivity index (χ0) is 15.0. The third-order valence-electron chi connectivity index (χ3n) is 2.72. The van der Waals surface area contributed by atoms with Crippen LogP contribution < -0.4 is 5.32 Å². The van der Waals surface area contributed by atoms with Crippen LogP contribution in [0.25, 0.3) is 0 Å². The molecule has 0 aliphatic rings. The molecule has 0 saturated carbocycles. The summed E-state index contributed by atoms with van der Waals surface area (Å²) in [4.78, 5) is 20.4. The quantitative estimate of drug-likeness (QED) is 0.452. The lowest BCUT2D eigenvalue weighted by Crippen LogP contribution is -2.10. The van der Waals surface area contributed by atoms with E-state index >= 15 is 0 Å². The van der Waals surface area contributed by atoms with Gasteiger partial charge >= 0.3 is 5.97 Å². The molecule has 1 aromatic rings. The van der Waals surface area contributed by atoms with Gasteiger partial charge in [0.1, 0.15) is 16.7 Å². The highest BCUT2D eigenvalue weighted by molar-refractivity contribution is 7.99. The number of hydrogen-bond acceptors (Lipinski definition) is 6. The first-order chi connectivity index (χ1) is 9.62. The van der Waals surface area contributed by atoms with Gasteiger partial charge in [0.15, 0.2) is 0 Å². The van der Waals surface area contributed by atoms with Gasteiger partial charge in [0.05, 0.1) is 12.9 Å². The maximum atomic E-state index is 11.3. The van der Waals surface area contributed by atoms with Crippen LogP contribution in [-0.2, 0) is 16.0 Å². The summed E-state index contributed by atoms with van der Waals surface area (Å²) in [6, 6.07) is 0. The summed E-state index contributed by atoms with van der Waals surface area (Å²) >= 11 is 1.40. The van der Waals surface area contributed by atoms with Crippen molar-refractivity contribution < 1.29 is 9.53 Å². The Kier molecular flexibility index (Phi) is 7.36. The van der Waals surface area contributed by atoms with Gasteiger partial charge in [-0.2, -0.15) is 0 Å². The molecule has 0 aliphatic heterocycles. The van der Waals surface area contributed by atoms with Gasteiger partial charge in [0.2, 0.25) is 0 Å². The van der Waals surface area contributed by atoms with Crippen molar-refractivity contribution in [2.45, 2.75) is 45.1 Å². The summed E-state index contributed by atoms with van der Waals surface area (Å²) in [5, 5.41) is 4.18. The van der Waals surface area contributed by atoms with Gasteiger partial charge in [0, 0.05) is 18.5 Å².